The highest BCUT2D eigenvalue weighted by Gasteiger charge is 2.38. The van der Waals surface area contributed by atoms with Crippen LogP contribution in [0.25, 0.3) is 0 Å². The summed E-state index contributed by atoms with van der Waals surface area (Å²) in [5.41, 5.74) is 0.997. The standard InChI is InChI=1S/C11H18N2O2S/c1-9-7-16-10(13-9)11(3-5-15-8-11)12-4-6-14-2/h7,12H,3-6,8H2,1-2H3. The van der Waals surface area contributed by atoms with Crippen molar-refractivity contribution >= 4 is 11.3 Å². The molecule has 0 amide bonds. The van der Waals surface area contributed by atoms with Crippen LogP contribution in [-0.4, -0.2) is 38.5 Å². The summed E-state index contributed by atoms with van der Waals surface area (Å²) in [4.78, 5) is 4.58. The van der Waals surface area contributed by atoms with Gasteiger partial charge in [-0.05, 0) is 13.3 Å². The average molecular weight is 242 g/mol. The molecule has 0 spiro atoms. The van der Waals surface area contributed by atoms with Crippen LogP contribution >= 0.6 is 11.3 Å². The first kappa shape index (κ1) is 12.0. The van der Waals surface area contributed by atoms with Crippen LogP contribution in [0.4, 0.5) is 0 Å². The van der Waals surface area contributed by atoms with Crippen LogP contribution in [0.1, 0.15) is 17.1 Å². The molecular formula is C11H18N2O2S. The van der Waals surface area contributed by atoms with Crippen LogP contribution in [0.5, 0.6) is 0 Å². The van der Waals surface area contributed by atoms with Gasteiger partial charge in [-0.1, -0.05) is 0 Å². The normalized spacial score (nSPS) is 25.1. The van der Waals surface area contributed by atoms with Gasteiger partial charge in [-0.2, -0.15) is 0 Å². The van der Waals surface area contributed by atoms with E-state index in [2.05, 4.69) is 15.7 Å². The van der Waals surface area contributed by atoms with Crippen molar-refractivity contribution in [1.82, 2.24) is 10.3 Å². The molecule has 1 saturated heterocycles. The molecule has 90 valence electrons. The molecule has 0 radical (unpaired) electrons. The van der Waals surface area contributed by atoms with E-state index in [4.69, 9.17) is 9.47 Å². The zero-order chi connectivity index (χ0) is 11.4. The van der Waals surface area contributed by atoms with Crippen LogP contribution in [0.15, 0.2) is 5.38 Å². The van der Waals surface area contributed by atoms with Crippen molar-refractivity contribution < 1.29 is 9.47 Å². The lowest BCUT2D eigenvalue weighted by atomic mass is 10.00. The van der Waals surface area contributed by atoms with Crippen molar-refractivity contribution in [2.75, 3.05) is 33.5 Å². The fourth-order valence-corrected chi connectivity index (χ4v) is 2.91. The number of thiazole rings is 1. The van der Waals surface area contributed by atoms with Crippen molar-refractivity contribution in [2.24, 2.45) is 0 Å². The maximum atomic E-state index is 5.52. The van der Waals surface area contributed by atoms with Crippen molar-refractivity contribution in [3.05, 3.63) is 16.1 Å². The second-order valence-electron chi connectivity index (χ2n) is 4.10. The molecule has 0 aromatic carbocycles. The van der Waals surface area contributed by atoms with Gasteiger partial charge in [0.15, 0.2) is 0 Å². The van der Waals surface area contributed by atoms with Crippen LogP contribution in [0, 0.1) is 6.92 Å². The molecule has 16 heavy (non-hydrogen) atoms. The summed E-state index contributed by atoms with van der Waals surface area (Å²) in [5.74, 6) is 0. The minimum absolute atomic E-state index is 0.0859. The molecule has 1 aromatic rings. The minimum atomic E-state index is -0.0859. The third-order valence-corrected chi connectivity index (χ3v) is 3.98. The Kier molecular flexibility index (Phi) is 3.91. The maximum absolute atomic E-state index is 5.52. The van der Waals surface area contributed by atoms with Crippen LogP contribution < -0.4 is 5.32 Å². The molecule has 0 bridgehead atoms. The van der Waals surface area contributed by atoms with E-state index < -0.39 is 0 Å². The highest BCUT2D eigenvalue weighted by molar-refractivity contribution is 7.09. The summed E-state index contributed by atoms with van der Waals surface area (Å²) in [6, 6.07) is 0. The Bertz CT molecular complexity index is 334. The van der Waals surface area contributed by atoms with Gasteiger partial charge < -0.3 is 14.8 Å². The van der Waals surface area contributed by atoms with Crippen molar-refractivity contribution in [2.45, 2.75) is 18.9 Å². The molecule has 0 saturated carbocycles. The quantitative estimate of drug-likeness (QED) is 0.791. The Morgan fingerprint density at radius 2 is 2.56 bits per heavy atom. The van der Waals surface area contributed by atoms with E-state index in [9.17, 15) is 0 Å². The van der Waals surface area contributed by atoms with Gasteiger partial charge in [0.25, 0.3) is 0 Å². The molecule has 0 aliphatic carbocycles. The number of rotatable bonds is 5. The van der Waals surface area contributed by atoms with Gasteiger partial charge in [0.1, 0.15) is 5.01 Å². The Balaban J connectivity index is 2.09. The summed E-state index contributed by atoms with van der Waals surface area (Å²) >= 11 is 1.71. The van der Waals surface area contributed by atoms with E-state index in [0.29, 0.717) is 13.2 Å². The number of hydrogen-bond acceptors (Lipinski definition) is 5. The lowest BCUT2D eigenvalue weighted by Crippen LogP contribution is -2.44. The minimum Gasteiger partial charge on any atom is -0.383 e. The van der Waals surface area contributed by atoms with E-state index in [1.54, 1.807) is 18.4 Å². The molecule has 4 nitrogen and oxygen atoms in total. The Hall–Kier alpha value is -0.490. The van der Waals surface area contributed by atoms with Gasteiger partial charge in [-0.15, -0.1) is 11.3 Å². The predicted molar refractivity (Wildman–Crippen MR) is 63.8 cm³/mol. The lowest BCUT2D eigenvalue weighted by Gasteiger charge is -2.26. The van der Waals surface area contributed by atoms with Gasteiger partial charge in [0.05, 0.1) is 18.8 Å². The van der Waals surface area contributed by atoms with Crippen LogP contribution in [0.2, 0.25) is 0 Å². The molecule has 2 rings (SSSR count). The Morgan fingerprint density at radius 3 is 3.12 bits per heavy atom. The number of hydrogen-bond donors (Lipinski definition) is 1. The topological polar surface area (TPSA) is 43.4 Å². The lowest BCUT2D eigenvalue weighted by molar-refractivity contribution is 0.152. The molecule has 1 aliphatic heterocycles. The number of methoxy groups -OCH3 is 1. The van der Waals surface area contributed by atoms with Gasteiger partial charge in [-0.25, -0.2) is 4.98 Å². The van der Waals surface area contributed by atoms with Crippen LogP contribution in [0.3, 0.4) is 0 Å². The number of ether oxygens (including phenoxy) is 2. The second kappa shape index (κ2) is 5.23. The number of nitrogens with zero attached hydrogens (tertiary/aromatic N) is 1. The van der Waals surface area contributed by atoms with E-state index in [1.165, 1.54) is 0 Å². The summed E-state index contributed by atoms with van der Waals surface area (Å²) in [5, 5.41) is 6.75. The summed E-state index contributed by atoms with van der Waals surface area (Å²) in [6.07, 6.45) is 0.990. The molecule has 1 N–H and O–H groups in total. The molecule has 1 aromatic heterocycles. The first-order valence-electron chi connectivity index (χ1n) is 5.51. The van der Waals surface area contributed by atoms with Gasteiger partial charge in [0.2, 0.25) is 0 Å². The third kappa shape index (κ3) is 2.43. The van der Waals surface area contributed by atoms with Crippen LogP contribution in [-0.2, 0) is 15.0 Å². The number of aromatic nitrogens is 1. The van der Waals surface area contributed by atoms with E-state index >= 15 is 0 Å². The largest absolute Gasteiger partial charge is 0.383 e. The van der Waals surface area contributed by atoms with E-state index in [-0.39, 0.29) is 5.54 Å². The fourth-order valence-electron chi connectivity index (χ4n) is 1.91. The molecule has 5 heteroatoms. The second-order valence-corrected chi connectivity index (χ2v) is 4.96. The van der Waals surface area contributed by atoms with Crippen molar-refractivity contribution in [1.29, 1.82) is 0 Å². The summed E-state index contributed by atoms with van der Waals surface area (Å²) in [7, 11) is 1.72. The molecule has 1 unspecified atom stereocenters. The fraction of sp³-hybridized carbons (Fsp3) is 0.727. The van der Waals surface area contributed by atoms with Gasteiger partial charge in [-0.3, -0.25) is 0 Å². The van der Waals surface area contributed by atoms with Crippen molar-refractivity contribution in [3.8, 4) is 0 Å². The zero-order valence-electron chi connectivity index (χ0n) is 9.78. The van der Waals surface area contributed by atoms with E-state index in [1.807, 2.05) is 6.92 Å². The van der Waals surface area contributed by atoms with E-state index in [0.717, 1.165) is 30.3 Å². The molecular weight excluding hydrogens is 224 g/mol. The smallest absolute Gasteiger partial charge is 0.115 e. The summed E-state index contributed by atoms with van der Waals surface area (Å²) < 4.78 is 10.6. The number of nitrogens with one attached hydrogen (secondary N) is 1. The zero-order valence-corrected chi connectivity index (χ0v) is 10.6. The first-order valence-corrected chi connectivity index (χ1v) is 6.39. The molecule has 1 aliphatic rings. The van der Waals surface area contributed by atoms with Crippen molar-refractivity contribution in [3.63, 3.8) is 0 Å². The van der Waals surface area contributed by atoms with Gasteiger partial charge in [0, 0.05) is 31.3 Å². The Labute approximate surface area is 100.0 Å². The molecule has 1 atom stereocenters. The third-order valence-electron chi connectivity index (χ3n) is 2.82. The monoisotopic (exact) mass is 242 g/mol. The highest BCUT2D eigenvalue weighted by Crippen LogP contribution is 2.32. The number of aryl methyl sites for hydroxylation is 1. The molecule has 2 heterocycles. The predicted octanol–water partition coefficient (Wildman–Crippen LogP) is 1.30. The maximum Gasteiger partial charge on any atom is 0.115 e. The highest BCUT2D eigenvalue weighted by atomic mass is 32.1. The molecule has 1 fully saturated rings. The Morgan fingerprint density at radius 1 is 1.69 bits per heavy atom. The average Bonchev–Trinajstić information content (AvgIpc) is 2.88. The first-order chi connectivity index (χ1) is 7.77. The van der Waals surface area contributed by atoms with Gasteiger partial charge >= 0.3 is 0 Å². The SMILES string of the molecule is COCCNC1(c2nc(C)cs2)CCOC1. The summed E-state index contributed by atoms with van der Waals surface area (Å²) in [6.45, 7) is 5.09.